The summed E-state index contributed by atoms with van der Waals surface area (Å²) in [6.07, 6.45) is 9.62. The lowest BCUT2D eigenvalue weighted by atomic mass is 10.2. The van der Waals surface area contributed by atoms with E-state index >= 15 is 0 Å². The lowest BCUT2D eigenvalue weighted by Crippen LogP contribution is -2.06. The Bertz CT molecular complexity index is 749. The van der Waals surface area contributed by atoms with Gasteiger partial charge in [0.1, 0.15) is 18.1 Å². The largest absolute Gasteiger partial charge is 0.497 e. The smallest absolute Gasteiger partial charge is 0.123 e. The molecule has 0 fully saturated rings. The number of imidazole rings is 1. The molecule has 2 aromatic heterocycles. The highest BCUT2D eigenvalue weighted by Gasteiger charge is 2.01. The first-order chi connectivity index (χ1) is 11.3. The van der Waals surface area contributed by atoms with Crippen molar-refractivity contribution in [1.29, 1.82) is 0 Å². The number of aromatic nitrogens is 2. The van der Waals surface area contributed by atoms with Gasteiger partial charge >= 0.3 is 0 Å². The Morgan fingerprint density at radius 3 is 2.87 bits per heavy atom. The molecular weight excluding hydrogens is 308 g/mol. The van der Waals surface area contributed by atoms with E-state index in [0.717, 1.165) is 23.6 Å². The summed E-state index contributed by atoms with van der Waals surface area (Å²) < 4.78 is 13.2. The van der Waals surface area contributed by atoms with Crippen molar-refractivity contribution in [1.82, 2.24) is 9.55 Å². The van der Waals surface area contributed by atoms with Gasteiger partial charge in [0.2, 0.25) is 0 Å². The van der Waals surface area contributed by atoms with Crippen LogP contribution in [0.3, 0.4) is 0 Å². The highest BCUT2D eigenvalue weighted by molar-refractivity contribution is 7.10. The molecule has 0 saturated heterocycles. The third-order valence-corrected chi connectivity index (χ3v) is 4.14. The molecule has 4 nitrogen and oxygen atoms in total. The first-order valence-corrected chi connectivity index (χ1v) is 8.21. The Morgan fingerprint density at radius 1 is 1.22 bits per heavy atom. The van der Waals surface area contributed by atoms with E-state index in [2.05, 4.69) is 28.6 Å². The summed E-state index contributed by atoms with van der Waals surface area (Å²) in [6, 6.07) is 10.0. The van der Waals surface area contributed by atoms with Crippen molar-refractivity contribution >= 4 is 23.5 Å². The standard InChI is InChI=1S/C18H18N2O2S/c1-21-16-11-15(4-5-18-3-2-10-23-18)12-17(13-16)22-9-8-20-7-6-19-14-20/h2-7,10-14H,8-9H2,1H3/b5-4+. The number of methoxy groups -OCH3 is 1. The van der Waals surface area contributed by atoms with E-state index in [9.17, 15) is 0 Å². The zero-order valence-electron chi connectivity index (χ0n) is 12.9. The lowest BCUT2D eigenvalue weighted by Gasteiger charge is -2.09. The average molecular weight is 326 g/mol. The maximum atomic E-state index is 5.84. The summed E-state index contributed by atoms with van der Waals surface area (Å²) in [5.74, 6) is 1.59. The third-order valence-electron chi connectivity index (χ3n) is 3.30. The van der Waals surface area contributed by atoms with Crippen LogP contribution in [0, 0.1) is 0 Å². The first kappa shape index (κ1) is 15.4. The van der Waals surface area contributed by atoms with Crippen molar-refractivity contribution in [3.8, 4) is 11.5 Å². The molecule has 118 valence electrons. The number of benzene rings is 1. The van der Waals surface area contributed by atoms with Gasteiger partial charge in [0, 0.05) is 23.3 Å². The molecule has 0 saturated carbocycles. The van der Waals surface area contributed by atoms with Gasteiger partial charge in [-0.2, -0.15) is 0 Å². The second kappa shape index (κ2) is 7.65. The molecular formula is C18H18N2O2S. The normalized spacial score (nSPS) is 11.0. The summed E-state index contributed by atoms with van der Waals surface area (Å²) in [6.45, 7) is 1.34. The molecule has 0 aliphatic carbocycles. The van der Waals surface area contributed by atoms with Gasteiger partial charge in [-0.25, -0.2) is 4.98 Å². The summed E-state index contributed by atoms with van der Waals surface area (Å²) in [5, 5.41) is 2.07. The van der Waals surface area contributed by atoms with E-state index < -0.39 is 0 Å². The van der Waals surface area contributed by atoms with Crippen LogP contribution in [0.5, 0.6) is 11.5 Å². The molecule has 3 aromatic rings. The number of thiophene rings is 1. The van der Waals surface area contributed by atoms with Gasteiger partial charge in [0.25, 0.3) is 0 Å². The second-order valence-electron chi connectivity index (χ2n) is 4.94. The maximum Gasteiger partial charge on any atom is 0.123 e. The van der Waals surface area contributed by atoms with Crippen molar-refractivity contribution in [2.24, 2.45) is 0 Å². The lowest BCUT2D eigenvalue weighted by molar-refractivity contribution is 0.296. The fraction of sp³-hybridized carbons (Fsp3) is 0.167. The fourth-order valence-electron chi connectivity index (χ4n) is 2.14. The molecule has 0 aliphatic heterocycles. The molecule has 0 radical (unpaired) electrons. The topological polar surface area (TPSA) is 36.3 Å². The molecule has 0 spiro atoms. The predicted molar refractivity (Wildman–Crippen MR) is 94.0 cm³/mol. The van der Waals surface area contributed by atoms with E-state index in [1.807, 2.05) is 35.0 Å². The average Bonchev–Trinajstić information content (AvgIpc) is 3.26. The molecule has 1 aromatic carbocycles. The predicted octanol–water partition coefficient (Wildman–Crippen LogP) is 4.20. The first-order valence-electron chi connectivity index (χ1n) is 7.33. The minimum atomic E-state index is 0.581. The van der Waals surface area contributed by atoms with E-state index in [1.165, 1.54) is 4.88 Å². The van der Waals surface area contributed by atoms with Crippen LogP contribution < -0.4 is 9.47 Å². The molecule has 0 N–H and O–H groups in total. The molecule has 0 unspecified atom stereocenters. The molecule has 0 amide bonds. The monoisotopic (exact) mass is 326 g/mol. The number of hydrogen-bond donors (Lipinski definition) is 0. The van der Waals surface area contributed by atoms with Crippen molar-refractivity contribution in [2.75, 3.05) is 13.7 Å². The van der Waals surface area contributed by atoms with Crippen molar-refractivity contribution in [3.63, 3.8) is 0 Å². The quantitative estimate of drug-likeness (QED) is 0.653. The van der Waals surface area contributed by atoms with Gasteiger partial charge in [-0.05, 0) is 35.2 Å². The molecule has 23 heavy (non-hydrogen) atoms. The molecule has 3 rings (SSSR count). The Kier molecular flexibility index (Phi) is 5.11. The summed E-state index contributed by atoms with van der Waals surface area (Å²) in [4.78, 5) is 5.24. The number of hydrogen-bond acceptors (Lipinski definition) is 4. The zero-order valence-corrected chi connectivity index (χ0v) is 13.7. The van der Waals surface area contributed by atoms with E-state index in [0.29, 0.717) is 6.61 Å². The van der Waals surface area contributed by atoms with Crippen LogP contribution in [0.25, 0.3) is 12.2 Å². The van der Waals surface area contributed by atoms with Crippen molar-refractivity contribution in [3.05, 3.63) is 64.9 Å². The minimum absolute atomic E-state index is 0.581. The van der Waals surface area contributed by atoms with Crippen LogP contribution in [0.15, 0.2) is 54.4 Å². The summed E-state index contributed by atoms with van der Waals surface area (Å²) in [5.41, 5.74) is 1.05. The fourth-order valence-corrected chi connectivity index (χ4v) is 2.76. The number of nitrogens with zero attached hydrogens (tertiary/aromatic N) is 2. The van der Waals surface area contributed by atoms with Crippen molar-refractivity contribution in [2.45, 2.75) is 6.54 Å². The Labute approximate surface area is 139 Å². The number of ether oxygens (including phenoxy) is 2. The maximum absolute atomic E-state index is 5.84. The number of rotatable bonds is 7. The van der Waals surface area contributed by atoms with Gasteiger partial charge in [-0.1, -0.05) is 12.1 Å². The van der Waals surface area contributed by atoms with Crippen LogP contribution in [-0.4, -0.2) is 23.3 Å². The van der Waals surface area contributed by atoms with Gasteiger partial charge in [0.15, 0.2) is 0 Å². The summed E-state index contributed by atoms with van der Waals surface area (Å²) in [7, 11) is 1.66. The van der Waals surface area contributed by atoms with E-state index in [4.69, 9.17) is 9.47 Å². The Balaban J connectivity index is 1.68. The van der Waals surface area contributed by atoms with E-state index in [1.54, 1.807) is 31.0 Å². The second-order valence-corrected chi connectivity index (χ2v) is 5.92. The highest BCUT2D eigenvalue weighted by atomic mass is 32.1. The molecule has 5 heteroatoms. The zero-order chi connectivity index (χ0) is 15.9. The van der Waals surface area contributed by atoms with Crippen LogP contribution in [0.2, 0.25) is 0 Å². The Hall–Kier alpha value is -2.53. The van der Waals surface area contributed by atoms with Crippen LogP contribution >= 0.6 is 11.3 Å². The van der Waals surface area contributed by atoms with Gasteiger partial charge in [0.05, 0.1) is 20.0 Å². The van der Waals surface area contributed by atoms with Gasteiger partial charge in [-0.15, -0.1) is 11.3 Å². The Morgan fingerprint density at radius 2 is 2.13 bits per heavy atom. The highest BCUT2D eigenvalue weighted by Crippen LogP contribution is 2.24. The van der Waals surface area contributed by atoms with Crippen LogP contribution in [0.4, 0.5) is 0 Å². The van der Waals surface area contributed by atoms with Crippen LogP contribution in [-0.2, 0) is 6.54 Å². The van der Waals surface area contributed by atoms with Gasteiger partial charge < -0.3 is 14.0 Å². The van der Waals surface area contributed by atoms with Crippen molar-refractivity contribution < 1.29 is 9.47 Å². The SMILES string of the molecule is COc1cc(/C=C/c2cccs2)cc(OCCn2ccnc2)c1. The molecule has 0 atom stereocenters. The molecule has 0 bridgehead atoms. The van der Waals surface area contributed by atoms with Crippen LogP contribution in [0.1, 0.15) is 10.4 Å². The van der Waals surface area contributed by atoms with E-state index in [-0.39, 0.29) is 0 Å². The molecule has 0 aliphatic rings. The molecule has 2 heterocycles. The summed E-state index contributed by atoms with van der Waals surface area (Å²) >= 11 is 1.71. The van der Waals surface area contributed by atoms with Gasteiger partial charge in [-0.3, -0.25) is 0 Å². The third kappa shape index (κ3) is 4.47. The minimum Gasteiger partial charge on any atom is -0.497 e.